The van der Waals surface area contributed by atoms with Gasteiger partial charge < -0.3 is 15.0 Å². The maximum absolute atomic E-state index is 12.2. The van der Waals surface area contributed by atoms with Crippen LogP contribution in [0.3, 0.4) is 0 Å². The average molecular weight is 382 g/mol. The van der Waals surface area contributed by atoms with Crippen LogP contribution < -0.4 is 10.8 Å². The van der Waals surface area contributed by atoms with Crippen LogP contribution in [0, 0.1) is 0 Å². The van der Waals surface area contributed by atoms with E-state index in [2.05, 4.69) is 17.4 Å². The van der Waals surface area contributed by atoms with Gasteiger partial charge in [0.1, 0.15) is 0 Å². The van der Waals surface area contributed by atoms with Crippen molar-refractivity contribution in [1.29, 1.82) is 0 Å². The molecule has 24 heavy (non-hydrogen) atoms. The van der Waals surface area contributed by atoms with E-state index in [-0.39, 0.29) is 5.57 Å². The minimum atomic E-state index is -2.11. The van der Waals surface area contributed by atoms with Crippen LogP contribution in [0.4, 0.5) is 4.79 Å². The zero-order valence-electron chi connectivity index (χ0n) is 13.7. The number of carbonyl (C=O) groups excluding carboxylic acids is 2. The number of likely N-dealkylation sites (tertiary alicyclic amines) is 1. The van der Waals surface area contributed by atoms with E-state index in [0.29, 0.717) is 0 Å². The first-order chi connectivity index (χ1) is 10.9. The summed E-state index contributed by atoms with van der Waals surface area (Å²) in [6.45, 7) is 10.0. The number of hydrogen-bond donors (Lipinski definition) is 3. The van der Waals surface area contributed by atoms with Crippen molar-refractivity contribution in [3.63, 3.8) is 0 Å². The Kier molecular flexibility index (Phi) is 6.51. The van der Waals surface area contributed by atoms with Gasteiger partial charge in [0.05, 0.1) is 16.0 Å². The minimum absolute atomic E-state index is 0.168. The Morgan fingerprint density at radius 2 is 2.04 bits per heavy atom. The summed E-state index contributed by atoms with van der Waals surface area (Å²) < 4.78 is 11.7. The third-order valence-corrected chi connectivity index (χ3v) is 4.41. The number of nitrogens with zero attached hydrogens (tertiary/aromatic N) is 1. The molecule has 0 saturated carbocycles. The fourth-order valence-electron chi connectivity index (χ4n) is 2.03. The maximum Gasteiger partial charge on any atom is 0.339 e. The second-order valence-electron chi connectivity index (χ2n) is 6.24. The van der Waals surface area contributed by atoms with E-state index in [0.717, 1.165) is 4.90 Å². The minimum Gasteiger partial charge on any atom is -0.597 e. The molecule has 0 aliphatic carbocycles. The van der Waals surface area contributed by atoms with Gasteiger partial charge in [-0.05, 0) is 33.3 Å². The second kappa shape index (κ2) is 7.60. The van der Waals surface area contributed by atoms with Crippen molar-refractivity contribution >= 4 is 39.0 Å². The fourth-order valence-corrected chi connectivity index (χ4v) is 3.40. The summed E-state index contributed by atoms with van der Waals surface area (Å²) in [5, 5.41) is 10.3. The molecule has 0 aromatic rings. The quantitative estimate of drug-likeness (QED) is 0.265. The Morgan fingerprint density at radius 1 is 1.50 bits per heavy atom. The Hall–Kier alpha value is -1.49. The molecule has 1 fully saturated rings. The topological polar surface area (TPSA) is 131 Å². The molecule has 1 saturated heterocycles. The third-order valence-electron chi connectivity index (χ3n) is 2.99. The van der Waals surface area contributed by atoms with Crippen LogP contribution in [-0.2, 0) is 24.8 Å². The van der Waals surface area contributed by atoms with E-state index >= 15 is 0 Å². The maximum atomic E-state index is 12.2. The molecule has 11 heteroatoms. The van der Waals surface area contributed by atoms with Gasteiger partial charge in [-0.25, -0.2) is 15.1 Å². The number of carboxylic acid groups (broad SMARTS) is 1. The highest BCUT2D eigenvalue weighted by Gasteiger charge is 2.60. The van der Waals surface area contributed by atoms with Gasteiger partial charge in [-0.2, -0.15) is 0 Å². The number of hydrogen-bond acceptors (Lipinski definition) is 5. The van der Waals surface area contributed by atoms with E-state index in [1.807, 2.05) is 0 Å². The molecule has 4 atom stereocenters. The third kappa shape index (κ3) is 4.76. The molecular weight excluding hydrogens is 362 g/mol. The molecule has 3 amide bonds. The van der Waals surface area contributed by atoms with Gasteiger partial charge in [0.25, 0.3) is 5.91 Å². The lowest BCUT2D eigenvalue weighted by Gasteiger charge is -2.46. The smallest absolute Gasteiger partial charge is 0.339 e. The molecule has 0 aromatic carbocycles. The zero-order valence-corrected chi connectivity index (χ0v) is 15.2. The van der Waals surface area contributed by atoms with Gasteiger partial charge in [0.15, 0.2) is 22.8 Å². The van der Waals surface area contributed by atoms with Gasteiger partial charge in [-0.1, -0.05) is 6.58 Å². The van der Waals surface area contributed by atoms with E-state index in [9.17, 15) is 24.0 Å². The SMILES string of the molecule is C=C(C)C(C(=O)O)N1C(=O)C(NC(=O)NOC(C)(C)C)C1[S+]([O-])Cl. The van der Waals surface area contributed by atoms with Crippen molar-refractivity contribution in [2.24, 2.45) is 0 Å². The normalized spacial score (nSPS) is 23.1. The summed E-state index contributed by atoms with van der Waals surface area (Å²) in [7, 11) is 3.47. The van der Waals surface area contributed by atoms with Crippen molar-refractivity contribution in [2.45, 2.75) is 50.8 Å². The van der Waals surface area contributed by atoms with E-state index < -0.39 is 51.4 Å². The zero-order chi connectivity index (χ0) is 18.8. The molecule has 3 N–H and O–H groups in total. The number of carboxylic acids is 1. The lowest BCUT2D eigenvalue weighted by Crippen LogP contribution is -2.76. The Labute approximate surface area is 147 Å². The van der Waals surface area contributed by atoms with Gasteiger partial charge >= 0.3 is 12.0 Å². The number of urea groups is 1. The summed E-state index contributed by atoms with van der Waals surface area (Å²) in [5.74, 6) is -2.06. The molecule has 4 unspecified atom stereocenters. The van der Waals surface area contributed by atoms with Crippen LogP contribution in [-0.4, -0.2) is 55.5 Å². The average Bonchev–Trinajstić information content (AvgIpc) is 2.40. The number of nitrogens with one attached hydrogen (secondary N) is 2. The van der Waals surface area contributed by atoms with Crippen molar-refractivity contribution in [3.05, 3.63) is 12.2 Å². The van der Waals surface area contributed by atoms with Gasteiger partial charge in [0, 0.05) is 0 Å². The van der Waals surface area contributed by atoms with Crippen LogP contribution in [0.5, 0.6) is 0 Å². The highest BCUT2D eigenvalue weighted by Crippen LogP contribution is 2.32. The van der Waals surface area contributed by atoms with Crippen LogP contribution in [0.1, 0.15) is 27.7 Å². The number of halogens is 1. The van der Waals surface area contributed by atoms with Gasteiger partial charge in [-0.15, -0.1) is 0 Å². The van der Waals surface area contributed by atoms with Crippen LogP contribution in [0.25, 0.3) is 0 Å². The highest BCUT2D eigenvalue weighted by molar-refractivity contribution is 8.14. The summed E-state index contributed by atoms with van der Waals surface area (Å²) in [6.07, 6.45) is 0. The first-order valence-electron chi connectivity index (χ1n) is 6.88. The molecule has 1 rings (SSSR count). The van der Waals surface area contributed by atoms with Crippen molar-refractivity contribution in [3.8, 4) is 0 Å². The molecule has 0 aromatic heterocycles. The number of carbonyl (C=O) groups is 3. The Bertz CT molecular complexity index is 536. The molecule has 1 heterocycles. The number of aliphatic carboxylic acids is 1. The monoisotopic (exact) mass is 381 g/mol. The number of hydroxylamine groups is 1. The fraction of sp³-hybridized carbons (Fsp3) is 0.615. The van der Waals surface area contributed by atoms with E-state index in [1.54, 1.807) is 20.8 Å². The first kappa shape index (κ1) is 20.6. The number of amides is 3. The lowest BCUT2D eigenvalue weighted by atomic mass is 9.99. The number of rotatable bonds is 6. The summed E-state index contributed by atoms with van der Waals surface area (Å²) in [5.41, 5.74) is 1.61. The van der Waals surface area contributed by atoms with Crippen molar-refractivity contribution in [2.75, 3.05) is 0 Å². The molecule has 0 radical (unpaired) electrons. The molecule has 136 valence electrons. The highest BCUT2D eigenvalue weighted by atomic mass is 35.7. The van der Waals surface area contributed by atoms with Crippen molar-refractivity contribution < 1.29 is 28.9 Å². The Balaban J connectivity index is 2.84. The first-order valence-corrected chi connectivity index (χ1v) is 8.92. The number of β-lactam (4-membered cyclic amide) rings is 1. The van der Waals surface area contributed by atoms with E-state index in [1.165, 1.54) is 6.92 Å². The van der Waals surface area contributed by atoms with Crippen LogP contribution in [0.15, 0.2) is 12.2 Å². The molecule has 0 spiro atoms. The predicted octanol–water partition coefficient (Wildman–Crippen LogP) is 0.484. The molecule has 1 aliphatic heterocycles. The van der Waals surface area contributed by atoms with Gasteiger partial charge in [0.2, 0.25) is 5.37 Å². The Morgan fingerprint density at radius 3 is 2.42 bits per heavy atom. The summed E-state index contributed by atoms with van der Waals surface area (Å²) in [6, 6.07) is -3.44. The molecule has 0 bridgehead atoms. The largest absolute Gasteiger partial charge is 0.597 e. The molecule has 9 nitrogen and oxygen atoms in total. The van der Waals surface area contributed by atoms with E-state index in [4.69, 9.17) is 15.5 Å². The molecule has 1 aliphatic rings. The van der Waals surface area contributed by atoms with Crippen LogP contribution in [0.2, 0.25) is 0 Å². The molecular formula is C13H20ClN3O6S. The second-order valence-corrected chi connectivity index (χ2v) is 8.13. The standard InChI is InChI=1S/C13H20ClN3O6S/c1-6(2)8(11(19)20)17-9(18)7(10(17)24(14)22)15-12(21)16-23-13(3,4)5/h7-8,10H,1H2,2-5H3,(H,19,20)(H2,15,16,21). The summed E-state index contributed by atoms with van der Waals surface area (Å²) >= 11 is 0. The summed E-state index contributed by atoms with van der Waals surface area (Å²) in [4.78, 5) is 41.2. The van der Waals surface area contributed by atoms with Crippen molar-refractivity contribution in [1.82, 2.24) is 15.7 Å². The lowest BCUT2D eigenvalue weighted by molar-refractivity contribution is -0.158. The van der Waals surface area contributed by atoms with Crippen LogP contribution >= 0.6 is 10.7 Å². The predicted molar refractivity (Wildman–Crippen MR) is 87.2 cm³/mol. The van der Waals surface area contributed by atoms with Gasteiger partial charge in [-0.3, -0.25) is 14.5 Å².